The lowest BCUT2D eigenvalue weighted by molar-refractivity contribution is 0.0549. The van der Waals surface area contributed by atoms with Crippen molar-refractivity contribution in [1.29, 1.82) is 0 Å². The first kappa shape index (κ1) is 15.3. The molecule has 0 atom stereocenters. The van der Waals surface area contributed by atoms with Crippen molar-refractivity contribution in [3.63, 3.8) is 0 Å². The standard InChI is InChI=1S/C18H20O2Si/c1-21(2,17-12-7-4-8-13-17)15-9-14-20-18(19)16-10-5-3-6-11-16/h3-13,15H,14H2,1-2H3/b15-9+. The molecular weight excluding hydrogens is 276 g/mol. The van der Waals surface area contributed by atoms with Crippen molar-refractivity contribution >= 4 is 19.2 Å². The van der Waals surface area contributed by atoms with Crippen molar-refractivity contribution in [2.75, 3.05) is 6.61 Å². The summed E-state index contributed by atoms with van der Waals surface area (Å²) in [7, 11) is -1.60. The Morgan fingerprint density at radius 1 is 1.00 bits per heavy atom. The molecular formula is C18H20O2Si. The van der Waals surface area contributed by atoms with Crippen LogP contribution in [0, 0.1) is 0 Å². The minimum absolute atomic E-state index is 0.278. The van der Waals surface area contributed by atoms with Gasteiger partial charge in [-0.3, -0.25) is 0 Å². The van der Waals surface area contributed by atoms with Crippen LogP contribution in [0.1, 0.15) is 10.4 Å². The highest BCUT2D eigenvalue weighted by Crippen LogP contribution is 2.06. The summed E-state index contributed by atoms with van der Waals surface area (Å²) in [4.78, 5) is 11.8. The molecule has 0 radical (unpaired) electrons. The number of ether oxygens (including phenoxy) is 1. The Morgan fingerprint density at radius 3 is 2.19 bits per heavy atom. The van der Waals surface area contributed by atoms with E-state index in [4.69, 9.17) is 4.74 Å². The zero-order valence-electron chi connectivity index (χ0n) is 12.5. The topological polar surface area (TPSA) is 26.3 Å². The minimum atomic E-state index is -1.60. The van der Waals surface area contributed by atoms with Crippen molar-refractivity contribution in [1.82, 2.24) is 0 Å². The van der Waals surface area contributed by atoms with Gasteiger partial charge in [-0.25, -0.2) is 4.79 Å². The monoisotopic (exact) mass is 296 g/mol. The SMILES string of the molecule is C[Si](C)(/C=C/COC(=O)c1ccccc1)c1ccccc1. The van der Waals surface area contributed by atoms with Crippen LogP contribution in [0.2, 0.25) is 13.1 Å². The maximum Gasteiger partial charge on any atom is 0.338 e. The van der Waals surface area contributed by atoms with E-state index in [1.165, 1.54) is 5.19 Å². The van der Waals surface area contributed by atoms with Crippen molar-refractivity contribution in [3.05, 3.63) is 78.0 Å². The van der Waals surface area contributed by atoms with Crippen LogP contribution in [0.25, 0.3) is 0 Å². The minimum Gasteiger partial charge on any atom is -0.458 e. The largest absolute Gasteiger partial charge is 0.458 e. The summed E-state index contributed by atoms with van der Waals surface area (Å²) in [6, 6.07) is 19.5. The molecule has 0 bridgehead atoms. The molecule has 0 amide bonds. The molecule has 0 aromatic heterocycles. The van der Waals surface area contributed by atoms with Crippen LogP contribution < -0.4 is 5.19 Å². The smallest absolute Gasteiger partial charge is 0.338 e. The van der Waals surface area contributed by atoms with Gasteiger partial charge >= 0.3 is 5.97 Å². The van der Waals surface area contributed by atoms with Crippen LogP contribution in [0.4, 0.5) is 0 Å². The summed E-state index contributed by atoms with van der Waals surface area (Å²) >= 11 is 0. The van der Waals surface area contributed by atoms with E-state index in [9.17, 15) is 4.79 Å². The Morgan fingerprint density at radius 2 is 1.57 bits per heavy atom. The van der Waals surface area contributed by atoms with Gasteiger partial charge in [0.15, 0.2) is 0 Å². The average molecular weight is 296 g/mol. The third-order valence-electron chi connectivity index (χ3n) is 3.37. The van der Waals surface area contributed by atoms with E-state index in [0.29, 0.717) is 12.2 Å². The molecule has 2 aromatic carbocycles. The Balaban J connectivity index is 1.90. The van der Waals surface area contributed by atoms with Crippen LogP contribution in [-0.4, -0.2) is 20.7 Å². The normalized spacial score (nSPS) is 11.5. The number of hydrogen-bond acceptors (Lipinski definition) is 2. The Labute approximate surface area is 127 Å². The molecule has 0 N–H and O–H groups in total. The average Bonchev–Trinajstić information content (AvgIpc) is 2.53. The van der Waals surface area contributed by atoms with Gasteiger partial charge in [-0.15, -0.1) is 0 Å². The highest BCUT2D eigenvalue weighted by atomic mass is 28.3. The van der Waals surface area contributed by atoms with Crippen molar-refractivity contribution in [3.8, 4) is 0 Å². The highest BCUT2D eigenvalue weighted by molar-refractivity contribution is 6.93. The Kier molecular flexibility index (Phi) is 5.12. The predicted molar refractivity (Wildman–Crippen MR) is 89.4 cm³/mol. The summed E-state index contributed by atoms with van der Waals surface area (Å²) in [6.45, 7) is 4.87. The molecule has 0 aliphatic carbocycles. The van der Waals surface area contributed by atoms with Crippen LogP contribution >= 0.6 is 0 Å². The third-order valence-corrected chi connectivity index (χ3v) is 6.26. The second kappa shape index (κ2) is 7.04. The van der Waals surface area contributed by atoms with Gasteiger partial charge in [-0.1, -0.05) is 78.6 Å². The number of hydrogen-bond donors (Lipinski definition) is 0. The Bertz CT molecular complexity index is 604. The molecule has 0 aliphatic heterocycles. The summed E-state index contributed by atoms with van der Waals surface area (Å²) in [5.41, 5.74) is 2.80. The zero-order valence-corrected chi connectivity index (χ0v) is 13.5. The van der Waals surface area contributed by atoms with E-state index in [-0.39, 0.29) is 5.97 Å². The van der Waals surface area contributed by atoms with Gasteiger partial charge < -0.3 is 4.74 Å². The summed E-state index contributed by atoms with van der Waals surface area (Å²) in [5, 5.41) is 1.37. The summed E-state index contributed by atoms with van der Waals surface area (Å²) in [6.07, 6.45) is 1.96. The van der Waals surface area contributed by atoms with Crippen molar-refractivity contribution < 1.29 is 9.53 Å². The molecule has 3 heteroatoms. The van der Waals surface area contributed by atoms with Crippen LogP contribution in [-0.2, 0) is 4.74 Å². The summed E-state index contributed by atoms with van der Waals surface area (Å²) in [5.74, 6) is -0.278. The van der Waals surface area contributed by atoms with E-state index in [1.54, 1.807) is 12.1 Å². The molecule has 0 heterocycles. The van der Waals surface area contributed by atoms with E-state index >= 15 is 0 Å². The lowest BCUT2D eigenvalue weighted by Crippen LogP contribution is -2.39. The lowest BCUT2D eigenvalue weighted by Gasteiger charge is -2.18. The fourth-order valence-corrected chi connectivity index (χ4v) is 4.02. The molecule has 0 spiro atoms. The first-order chi connectivity index (χ1) is 10.1. The number of rotatable bonds is 5. The quantitative estimate of drug-likeness (QED) is 0.623. The Hall–Kier alpha value is -2.13. The van der Waals surface area contributed by atoms with E-state index < -0.39 is 8.07 Å². The molecule has 0 fully saturated rings. The first-order valence-corrected chi connectivity index (χ1v) is 10.1. The molecule has 0 saturated carbocycles. The molecule has 0 aliphatic rings. The fourth-order valence-electron chi connectivity index (χ4n) is 2.09. The highest BCUT2D eigenvalue weighted by Gasteiger charge is 2.18. The number of carbonyl (C=O) groups excluding carboxylic acids is 1. The molecule has 21 heavy (non-hydrogen) atoms. The first-order valence-electron chi connectivity index (χ1n) is 7.05. The zero-order chi connectivity index (χ0) is 15.1. The van der Waals surface area contributed by atoms with Crippen molar-refractivity contribution in [2.24, 2.45) is 0 Å². The fraction of sp³-hybridized carbons (Fsp3) is 0.167. The molecule has 2 rings (SSSR count). The van der Waals surface area contributed by atoms with E-state index in [1.807, 2.05) is 30.3 Å². The maximum absolute atomic E-state index is 11.8. The van der Waals surface area contributed by atoms with Crippen LogP contribution in [0.3, 0.4) is 0 Å². The van der Waals surface area contributed by atoms with Gasteiger partial charge in [0.25, 0.3) is 0 Å². The van der Waals surface area contributed by atoms with Gasteiger partial charge in [0.2, 0.25) is 0 Å². The second-order valence-corrected chi connectivity index (χ2v) is 9.81. The summed E-state index contributed by atoms with van der Waals surface area (Å²) < 4.78 is 5.26. The van der Waals surface area contributed by atoms with E-state index in [2.05, 4.69) is 43.1 Å². The molecule has 2 aromatic rings. The van der Waals surface area contributed by atoms with E-state index in [0.717, 1.165) is 0 Å². The molecule has 0 saturated heterocycles. The predicted octanol–water partition coefficient (Wildman–Crippen LogP) is 3.55. The number of carbonyl (C=O) groups is 1. The maximum atomic E-state index is 11.8. The molecule has 2 nitrogen and oxygen atoms in total. The molecule has 0 unspecified atom stereocenters. The van der Waals surface area contributed by atoms with Gasteiger partial charge in [0.05, 0.1) is 5.56 Å². The van der Waals surface area contributed by atoms with Crippen LogP contribution in [0.15, 0.2) is 72.4 Å². The van der Waals surface area contributed by atoms with Gasteiger partial charge in [-0.2, -0.15) is 0 Å². The van der Waals surface area contributed by atoms with Crippen LogP contribution in [0.5, 0.6) is 0 Å². The molecule has 108 valence electrons. The van der Waals surface area contributed by atoms with Crippen molar-refractivity contribution in [2.45, 2.75) is 13.1 Å². The third kappa shape index (κ3) is 4.43. The lowest BCUT2D eigenvalue weighted by atomic mass is 10.2. The second-order valence-electron chi connectivity index (χ2n) is 5.45. The van der Waals surface area contributed by atoms with Gasteiger partial charge in [0, 0.05) is 0 Å². The van der Waals surface area contributed by atoms with Gasteiger partial charge in [0.1, 0.15) is 14.7 Å². The number of benzene rings is 2. The number of esters is 1. The van der Waals surface area contributed by atoms with Gasteiger partial charge in [-0.05, 0) is 12.1 Å².